The summed E-state index contributed by atoms with van der Waals surface area (Å²) in [5.74, 6) is -0.544. The van der Waals surface area contributed by atoms with Crippen LogP contribution in [0.4, 0.5) is 17.6 Å². The third kappa shape index (κ3) is 2.90. The molecule has 0 aliphatic carbocycles. The number of aliphatic hydroxyl groups excluding tert-OH is 1. The Morgan fingerprint density at radius 1 is 1.11 bits per heavy atom. The van der Waals surface area contributed by atoms with Crippen LogP contribution in [-0.4, -0.2) is 10.1 Å². The first-order valence-electron chi connectivity index (χ1n) is 5.34. The summed E-state index contributed by atoms with van der Waals surface area (Å²) in [5.41, 5.74) is -1.03. The fourth-order valence-electron chi connectivity index (χ4n) is 1.69. The first kappa shape index (κ1) is 13.5. The van der Waals surface area contributed by atoms with Gasteiger partial charge in [-0.1, -0.05) is 12.1 Å². The van der Waals surface area contributed by atoms with E-state index in [0.717, 1.165) is 12.1 Å². The molecule has 1 N–H and O–H groups in total. The van der Waals surface area contributed by atoms with E-state index in [0.29, 0.717) is 5.56 Å². The van der Waals surface area contributed by atoms with Crippen LogP contribution in [-0.2, 0) is 12.8 Å². The van der Waals surface area contributed by atoms with E-state index in [1.165, 1.54) is 24.4 Å². The van der Waals surface area contributed by atoms with Gasteiger partial charge < -0.3 is 5.11 Å². The maximum Gasteiger partial charge on any atom is 0.418 e. The van der Waals surface area contributed by atoms with Crippen LogP contribution >= 0.6 is 0 Å². The zero-order valence-corrected chi connectivity index (χ0v) is 9.58. The topological polar surface area (TPSA) is 33.1 Å². The smallest absolute Gasteiger partial charge is 0.390 e. The summed E-state index contributed by atoms with van der Waals surface area (Å²) in [4.78, 5) is 3.58. The first-order chi connectivity index (χ1) is 8.91. The van der Waals surface area contributed by atoms with Crippen LogP contribution < -0.4 is 0 Å². The zero-order valence-electron chi connectivity index (χ0n) is 9.58. The van der Waals surface area contributed by atoms with Crippen molar-refractivity contribution in [3.8, 4) is 11.1 Å². The van der Waals surface area contributed by atoms with Crippen LogP contribution in [0, 0.1) is 5.82 Å². The SMILES string of the molecule is OCc1ncc(-c2cccc(F)c2)cc1C(F)(F)F. The van der Waals surface area contributed by atoms with Crippen molar-refractivity contribution < 1.29 is 22.7 Å². The molecule has 0 atom stereocenters. The molecule has 1 heterocycles. The van der Waals surface area contributed by atoms with Gasteiger partial charge in [0.15, 0.2) is 0 Å². The van der Waals surface area contributed by atoms with Gasteiger partial charge >= 0.3 is 6.18 Å². The number of halogens is 4. The highest BCUT2D eigenvalue weighted by atomic mass is 19.4. The van der Waals surface area contributed by atoms with Gasteiger partial charge in [-0.2, -0.15) is 13.2 Å². The van der Waals surface area contributed by atoms with Crippen molar-refractivity contribution in [3.05, 3.63) is 53.6 Å². The molecule has 1 aromatic heterocycles. The van der Waals surface area contributed by atoms with Gasteiger partial charge in [0.25, 0.3) is 0 Å². The lowest BCUT2D eigenvalue weighted by Crippen LogP contribution is -2.11. The number of aliphatic hydroxyl groups is 1. The number of rotatable bonds is 2. The van der Waals surface area contributed by atoms with E-state index < -0.39 is 29.9 Å². The highest BCUT2D eigenvalue weighted by Crippen LogP contribution is 2.34. The second-order valence-corrected chi connectivity index (χ2v) is 3.88. The summed E-state index contributed by atoms with van der Waals surface area (Å²) in [6.45, 7) is -0.807. The van der Waals surface area contributed by atoms with Crippen LogP contribution in [0.25, 0.3) is 11.1 Å². The summed E-state index contributed by atoms with van der Waals surface area (Å²) in [6, 6.07) is 6.06. The Morgan fingerprint density at radius 3 is 2.42 bits per heavy atom. The molecule has 2 aromatic rings. The van der Waals surface area contributed by atoms with Crippen LogP contribution in [0.15, 0.2) is 36.5 Å². The molecule has 0 aliphatic rings. The number of hydrogen-bond acceptors (Lipinski definition) is 2. The molecule has 100 valence electrons. The van der Waals surface area contributed by atoms with Crippen molar-refractivity contribution in [2.24, 2.45) is 0 Å². The molecule has 0 aliphatic heterocycles. The Balaban J connectivity index is 2.55. The number of pyridine rings is 1. The number of benzene rings is 1. The minimum absolute atomic E-state index is 0.143. The molecular weight excluding hydrogens is 262 g/mol. The third-order valence-corrected chi connectivity index (χ3v) is 2.58. The average Bonchev–Trinajstić information content (AvgIpc) is 2.37. The van der Waals surface area contributed by atoms with Crippen molar-refractivity contribution >= 4 is 0 Å². The quantitative estimate of drug-likeness (QED) is 0.849. The minimum atomic E-state index is -4.62. The highest BCUT2D eigenvalue weighted by molar-refractivity contribution is 5.63. The molecular formula is C13H9F4NO. The van der Waals surface area contributed by atoms with Crippen LogP contribution in [0.3, 0.4) is 0 Å². The zero-order chi connectivity index (χ0) is 14.0. The fourth-order valence-corrected chi connectivity index (χ4v) is 1.69. The molecule has 6 heteroatoms. The van der Waals surface area contributed by atoms with Crippen molar-refractivity contribution in [1.29, 1.82) is 0 Å². The lowest BCUT2D eigenvalue weighted by molar-refractivity contribution is -0.139. The Morgan fingerprint density at radius 2 is 1.84 bits per heavy atom. The minimum Gasteiger partial charge on any atom is -0.390 e. The van der Waals surface area contributed by atoms with Crippen LogP contribution in [0.1, 0.15) is 11.3 Å². The molecule has 0 bridgehead atoms. The molecule has 2 rings (SSSR count). The average molecular weight is 271 g/mol. The van der Waals surface area contributed by atoms with Gasteiger partial charge in [0, 0.05) is 11.8 Å². The van der Waals surface area contributed by atoms with Crippen molar-refractivity contribution in [2.75, 3.05) is 0 Å². The molecule has 1 aromatic carbocycles. The number of aromatic nitrogens is 1. The second-order valence-electron chi connectivity index (χ2n) is 3.88. The van der Waals surface area contributed by atoms with Crippen LogP contribution in [0.5, 0.6) is 0 Å². The molecule has 2 nitrogen and oxygen atoms in total. The van der Waals surface area contributed by atoms with Crippen molar-refractivity contribution in [1.82, 2.24) is 4.98 Å². The summed E-state index contributed by atoms with van der Waals surface area (Å²) >= 11 is 0. The molecule has 0 radical (unpaired) electrons. The Hall–Kier alpha value is -1.95. The number of hydrogen-bond donors (Lipinski definition) is 1. The summed E-state index contributed by atoms with van der Waals surface area (Å²) in [7, 11) is 0. The lowest BCUT2D eigenvalue weighted by Gasteiger charge is -2.12. The van der Waals surface area contributed by atoms with Gasteiger partial charge in [0.1, 0.15) is 5.82 Å². The molecule has 0 fully saturated rings. The molecule has 0 saturated carbocycles. The molecule has 0 amide bonds. The Kier molecular flexibility index (Phi) is 3.53. The third-order valence-electron chi connectivity index (χ3n) is 2.58. The maximum absolute atomic E-state index is 13.1. The predicted octanol–water partition coefficient (Wildman–Crippen LogP) is 3.40. The standard InChI is InChI=1S/C13H9F4NO/c14-10-3-1-2-8(4-10)9-5-11(13(15,16)17)12(7-19)18-6-9/h1-6,19H,7H2. The van der Waals surface area contributed by atoms with Gasteiger partial charge in [-0.15, -0.1) is 0 Å². The van der Waals surface area contributed by atoms with Crippen molar-refractivity contribution in [2.45, 2.75) is 12.8 Å². The van der Waals surface area contributed by atoms with Gasteiger partial charge in [-0.25, -0.2) is 4.39 Å². The van der Waals surface area contributed by atoms with E-state index >= 15 is 0 Å². The normalized spacial score (nSPS) is 11.6. The van der Waals surface area contributed by atoms with Gasteiger partial charge in [-0.05, 0) is 23.8 Å². The second kappa shape index (κ2) is 4.97. The number of alkyl halides is 3. The van der Waals surface area contributed by atoms with Gasteiger partial charge in [0.2, 0.25) is 0 Å². The predicted molar refractivity (Wildman–Crippen MR) is 60.6 cm³/mol. The largest absolute Gasteiger partial charge is 0.418 e. The van der Waals surface area contributed by atoms with E-state index in [1.807, 2.05) is 0 Å². The Labute approximate surface area is 106 Å². The molecule has 0 saturated heterocycles. The molecule has 19 heavy (non-hydrogen) atoms. The van der Waals surface area contributed by atoms with E-state index in [-0.39, 0.29) is 5.56 Å². The van der Waals surface area contributed by atoms with Crippen LogP contribution in [0.2, 0.25) is 0 Å². The van der Waals surface area contributed by atoms with Gasteiger partial charge in [-0.3, -0.25) is 4.98 Å². The van der Waals surface area contributed by atoms with E-state index in [1.54, 1.807) is 0 Å². The molecule has 0 unspecified atom stereocenters. The summed E-state index contributed by atoms with van der Waals surface area (Å²) < 4.78 is 51.4. The molecule has 0 spiro atoms. The lowest BCUT2D eigenvalue weighted by atomic mass is 10.0. The summed E-state index contributed by atoms with van der Waals surface area (Å²) in [5, 5.41) is 8.86. The monoisotopic (exact) mass is 271 g/mol. The fraction of sp³-hybridized carbons (Fsp3) is 0.154. The van der Waals surface area contributed by atoms with E-state index in [9.17, 15) is 17.6 Å². The van der Waals surface area contributed by atoms with E-state index in [4.69, 9.17) is 5.11 Å². The van der Waals surface area contributed by atoms with Crippen molar-refractivity contribution in [3.63, 3.8) is 0 Å². The van der Waals surface area contributed by atoms with Gasteiger partial charge in [0.05, 0.1) is 17.9 Å². The highest BCUT2D eigenvalue weighted by Gasteiger charge is 2.34. The Bertz CT molecular complexity index is 595. The summed E-state index contributed by atoms with van der Waals surface area (Å²) in [6.07, 6.45) is -3.44. The number of nitrogens with zero attached hydrogens (tertiary/aromatic N) is 1. The van der Waals surface area contributed by atoms with E-state index in [2.05, 4.69) is 4.98 Å². The first-order valence-corrected chi connectivity index (χ1v) is 5.34. The maximum atomic E-state index is 13.1.